The van der Waals surface area contributed by atoms with Gasteiger partial charge in [-0.1, -0.05) is 41.4 Å². The van der Waals surface area contributed by atoms with Crippen LogP contribution in [0.1, 0.15) is 5.56 Å². The minimum absolute atomic E-state index is 0.262. The van der Waals surface area contributed by atoms with Crippen LogP contribution in [0.5, 0.6) is 0 Å². The zero-order chi connectivity index (χ0) is 16.9. The van der Waals surface area contributed by atoms with Crippen LogP contribution in [0.25, 0.3) is 0 Å². The van der Waals surface area contributed by atoms with Gasteiger partial charge in [0.1, 0.15) is 5.82 Å². The molecular weight excluding hydrogens is 352 g/mol. The van der Waals surface area contributed by atoms with E-state index >= 15 is 0 Å². The van der Waals surface area contributed by atoms with Gasteiger partial charge in [-0.05, 0) is 24.3 Å². The van der Waals surface area contributed by atoms with Crippen LogP contribution in [0.3, 0.4) is 0 Å². The molecule has 24 heavy (non-hydrogen) atoms. The van der Waals surface area contributed by atoms with Crippen molar-refractivity contribution in [3.63, 3.8) is 0 Å². The molecule has 1 aromatic heterocycles. The van der Waals surface area contributed by atoms with Gasteiger partial charge in [0.15, 0.2) is 5.82 Å². The van der Waals surface area contributed by atoms with Crippen LogP contribution in [0.15, 0.2) is 48.7 Å². The number of halogens is 3. The van der Waals surface area contributed by atoms with Gasteiger partial charge in [-0.3, -0.25) is 0 Å². The second kappa shape index (κ2) is 7.42. The molecule has 0 spiro atoms. The number of hydrogen-bond donors (Lipinski definition) is 2. The van der Waals surface area contributed by atoms with Gasteiger partial charge < -0.3 is 10.6 Å². The van der Waals surface area contributed by atoms with E-state index in [1.165, 1.54) is 12.3 Å². The molecule has 0 aliphatic carbocycles. The lowest BCUT2D eigenvalue weighted by Gasteiger charge is -2.09. The van der Waals surface area contributed by atoms with Crippen molar-refractivity contribution in [2.75, 3.05) is 10.6 Å². The quantitative estimate of drug-likeness (QED) is 0.689. The normalized spacial score (nSPS) is 10.5. The maximum atomic E-state index is 13.6. The number of nitrogens with zero attached hydrogens (tertiary/aromatic N) is 3. The predicted octanol–water partition coefficient (Wildman–Crippen LogP) is 4.67. The molecule has 1 heterocycles. The zero-order valence-electron chi connectivity index (χ0n) is 12.3. The number of benzene rings is 2. The Hall–Kier alpha value is -2.44. The van der Waals surface area contributed by atoms with Gasteiger partial charge in [0, 0.05) is 17.1 Å². The van der Waals surface area contributed by atoms with Gasteiger partial charge in [-0.2, -0.15) is 10.1 Å². The van der Waals surface area contributed by atoms with Crippen molar-refractivity contribution in [2.45, 2.75) is 6.54 Å². The van der Waals surface area contributed by atoms with Crippen molar-refractivity contribution in [3.8, 4) is 0 Å². The van der Waals surface area contributed by atoms with E-state index < -0.39 is 0 Å². The van der Waals surface area contributed by atoms with E-state index in [1.54, 1.807) is 36.4 Å². The maximum Gasteiger partial charge on any atom is 0.249 e. The fourth-order valence-corrected chi connectivity index (χ4v) is 2.44. The first-order valence-corrected chi connectivity index (χ1v) is 7.76. The Kier molecular flexibility index (Phi) is 5.08. The van der Waals surface area contributed by atoms with Crippen LogP contribution in [0.4, 0.5) is 21.8 Å². The van der Waals surface area contributed by atoms with Crippen molar-refractivity contribution in [1.82, 2.24) is 15.2 Å². The number of nitrogens with one attached hydrogen (secondary N) is 2. The summed E-state index contributed by atoms with van der Waals surface area (Å²) >= 11 is 12.0. The Morgan fingerprint density at radius 3 is 2.71 bits per heavy atom. The SMILES string of the molecule is Fc1ccccc1CNc1cnnc(Nc2ccc(Cl)cc2Cl)n1. The van der Waals surface area contributed by atoms with Crippen LogP contribution < -0.4 is 10.6 Å². The summed E-state index contributed by atoms with van der Waals surface area (Å²) in [6.07, 6.45) is 1.45. The molecule has 2 N–H and O–H groups in total. The van der Waals surface area contributed by atoms with E-state index in [-0.39, 0.29) is 18.3 Å². The summed E-state index contributed by atoms with van der Waals surface area (Å²) in [5, 5.41) is 14.7. The van der Waals surface area contributed by atoms with E-state index in [9.17, 15) is 4.39 Å². The summed E-state index contributed by atoms with van der Waals surface area (Å²) in [6, 6.07) is 11.5. The summed E-state index contributed by atoms with van der Waals surface area (Å²) in [7, 11) is 0. The van der Waals surface area contributed by atoms with Crippen LogP contribution in [-0.2, 0) is 6.54 Å². The average molecular weight is 364 g/mol. The highest BCUT2D eigenvalue weighted by molar-refractivity contribution is 6.36. The molecule has 0 unspecified atom stereocenters. The van der Waals surface area contributed by atoms with Gasteiger partial charge in [-0.25, -0.2) is 4.39 Å². The third-order valence-corrected chi connectivity index (χ3v) is 3.70. The van der Waals surface area contributed by atoms with Crippen LogP contribution in [0.2, 0.25) is 10.0 Å². The van der Waals surface area contributed by atoms with Crippen molar-refractivity contribution in [1.29, 1.82) is 0 Å². The smallest absolute Gasteiger partial charge is 0.249 e. The molecule has 122 valence electrons. The molecular formula is C16H12Cl2FN5. The van der Waals surface area contributed by atoms with Crippen molar-refractivity contribution in [2.24, 2.45) is 0 Å². The fraction of sp³-hybridized carbons (Fsp3) is 0.0625. The third-order valence-electron chi connectivity index (χ3n) is 3.15. The Balaban J connectivity index is 1.71. The molecule has 3 aromatic rings. The molecule has 0 saturated heterocycles. The molecule has 0 aliphatic heterocycles. The van der Waals surface area contributed by atoms with Gasteiger partial charge >= 0.3 is 0 Å². The highest BCUT2D eigenvalue weighted by atomic mass is 35.5. The molecule has 2 aromatic carbocycles. The zero-order valence-corrected chi connectivity index (χ0v) is 13.8. The van der Waals surface area contributed by atoms with Gasteiger partial charge in [0.05, 0.1) is 16.9 Å². The number of anilines is 3. The first-order chi connectivity index (χ1) is 11.6. The van der Waals surface area contributed by atoms with E-state index in [2.05, 4.69) is 25.8 Å². The van der Waals surface area contributed by atoms with E-state index in [0.29, 0.717) is 27.1 Å². The minimum atomic E-state index is -0.279. The highest BCUT2D eigenvalue weighted by Gasteiger charge is 2.06. The largest absolute Gasteiger partial charge is 0.364 e. The topological polar surface area (TPSA) is 62.7 Å². The van der Waals surface area contributed by atoms with Crippen LogP contribution in [-0.4, -0.2) is 15.2 Å². The van der Waals surface area contributed by atoms with E-state index in [4.69, 9.17) is 23.2 Å². The van der Waals surface area contributed by atoms with E-state index in [0.717, 1.165) is 0 Å². The number of hydrogen-bond acceptors (Lipinski definition) is 5. The Labute approximate surface area is 147 Å². The second-order valence-corrected chi connectivity index (χ2v) is 5.70. The Morgan fingerprint density at radius 1 is 1.08 bits per heavy atom. The molecule has 0 radical (unpaired) electrons. The molecule has 0 fully saturated rings. The van der Waals surface area contributed by atoms with Crippen LogP contribution in [0, 0.1) is 5.82 Å². The second-order valence-electron chi connectivity index (χ2n) is 4.86. The van der Waals surface area contributed by atoms with Gasteiger partial charge in [-0.15, -0.1) is 5.10 Å². The molecule has 5 nitrogen and oxygen atoms in total. The lowest BCUT2D eigenvalue weighted by molar-refractivity contribution is 0.613. The third kappa shape index (κ3) is 4.10. The van der Waals surface area contributed by atoms with E-state index in [1.807, 2.05) is 0 Å². The molecule has 0 saturated carbocycles. The molecule has 3 rings (SSSR count). The first kappa shape index (κ1) is 16.4. The monoisotopic (exact) mass is 363 g/mol. The summed E-state index contributed by atoms with van der Waals surface area (Å²) < 4.78 is 13.6. The summed E-state index contributed by atoms with van der Waals surface area (Å²) in [5.74, 6) is 0.442. The predicted molar refractivity (Wildman–Crippen MR) is 93.3 cm³/mol. The lowest BCUT2D eigenvalue weighted by Crippen LogP contribution is -2.06. The fourth-order valence-electron chi connectivity index (χ4n) is 1.98. The lowest BCUT2D eigenvalue weighted by atomic mass is 10.2. The van der Waals surface area contributed by atoms with Crippen LogP contribution >= 0.6 is 23.2 Å². The van der Waals surface area contributed by atoms with Gasteiger partial charge in [0.25, 0.3) is 0 Å². The van der Waals surface area contributed by atoms with Crippen molar-refractivity contribution >= 4 is 40.7 Å². The highest BCUT2D eigenvalue weighted by Crippen LogP contribution is 2.27. The van der Waals surface area contributed by atoms with Crippen molar-refractivity contribution in [3.05, 3.63) is 70.1 Å². The Bertz CT molecular complexity index is 859. The molecule has 0 atom stereocenters. The number of aromatic nitrogens is 3. The summed E-state index contributed by atoms with van der Waals surface area (Å²) in [5.41, 5.74) is 1.14. The number of rotatable bonds is 5. The minimum Gasteiger partial charge on any atom is -0.364 e. The summed E-state index contributed by atoms with van der Waals surface area (Å²) in [4.78, 5) is 4.27. The summed E-state index contributed by atoms with van der Waals surface area (Å²) in [6.45, 7) is 0.284. The Morgan fingerprint density at radius 2 is 1.92 bits per heavy atom. The molecule has 8 heteroatoms. The standard InChI is InChI=1S/C16H12Cl2FN5/c17-11-5-6-14(12(18)7-11)22-16-23-15(9-21-24-16)20-8-10-3-1-2-4-13(10)19/h1-7,9H,8H2,(H2,20,22,23,24). The average Bonchev–Trinajstić information content (AvgIpc) is 2.57. The maximum absolute atomic E-state index is 13.6. The van der Waals surface area contributed by atoms with Crippen molar-refractivity contribution < 1.29 is 4.39 Å². The molecule has 0 aliphatic rings. The van der Waals surface area contributed by atoms with Gasteiger partial charge in [0.2, 0.25) is 5.95 Å². The molecule has 0 bridgehead atoms. The molecule has 0 amide bonds. The first-order valence-electron chi connectivity index (χ1n) is 7.01.